The maximum atomic E-state index is 13.3. The maximum absolute atomic E-state index is 13.3. The van der Waals surface area contributed by atoms with Crippen molar-refractivity contribution in [3.8, 4) is 0 Å². The van der Waals surface area contributed by atoms with Crippen LogP contribution < -0.4 is 21.1 Å². The lowest BCUT2D eigenvalue weighted by Crippen LogP contribution is -2.23. The number of primary amides is 1. The fourth-order valence-electron chi connectivity index (χ4n) is 2.68. The number of hydrogen-bond donors (Lipinski definition) is 4. The van der Waals surface area contributed by atoms with Crippen molar-refractivity contribution in [3.63, 3.8) is 0 Å². The van der Waals surface area contributed by atoms with Gasteiger partial charge in [0.25, 0.3) is 15.9 Å². The molecule has 0 aromatic heterocycles. The van der Waals surface area contributed by atoms with E-state index in [1.54, 1.807) is 24.3 Å². The minimum Gasteiger partial charge on any atom is -0.351 e. The van der Waals surface area contributed by atoms with Gasteiger partial charge in [-0.1, -0.05) is 23.7 Å². The molecule has 0 radical (unpaired) electrons. The summed E-state index contributed by atoms with van der Waals surface area (Å²) in [5, 5.41) is 4.87. The molecule has 3 aromatic rings. The Kier molecular flexibility index (Phi) is 6.96. The predicted molar refractivity (Wildman–Crippen MR) is 119 cm³/mol. The van der Waals surface area contributed by atoms with Crippen molar-refractivity contribution < 1.29 is 22.4 Å². The largest absolute Gasteiger partial charge is 0.351 e. The first-order chi connectivity index (χ1) is 15.1. The molecule has 3 amide bonds. The summed E-state index contributed by atoms with van der Waals surface area (Å²) in [6.45, 7) is 0.245. The Morgan fingerprint density at radius 2 is 1.56 bits per heavy atom. The zero-order chi connectivity index (χ0) is 23.3. The van der Waals surface area contributed by atoms with Gasteiger partial charge in [0.15, 0.2) is 0 Å². The number of rotatable bonds is 7. The van der Waals surface area contributed by atoms with Crippen molar-refractivity contribution in [1.29, 1.82) is 0 Å². The number of nitrogens with one attached hydrogen (secondary N) is 3. The Balaban J connectivity index is 1.60. The molecule has 166 valence electrons. The molecule has 0 spiro atoms. The maximum Gasteiger partial charge on any atom is 0.316 e. The smallest absolute Gasteiger partial charge is 0.316 e. The van der Waals surface area contributed by atoms with Crippen LogP contribution in [0.25, 0.3) is 0 Å². The number of carbonyl (C=O) groups is 2. The van der Waals surface area contributed by atoms with Gasteiger partial charge in [0.2, 0.25) is 0 Å². The number of nitrogens with two attached hydrogens (primary N) is 1. The second-order valence-electron chi connectivity index (χ2n) is 6.63. The van der Waals surface area contributed by atoms with Crippen molar-refractivity contribution in [2.75, 3.05) is 10.0 Å². The third kappa shape index (κ3) is 5.96. The van der Waals surface area contributed by atoms with Gasteiger partial charge < -0.3 is 16.4 Å². The fourth-order valence-corrected chi connectivity index (χ4v) is 4.01. The van der Waals surface area contributed by atoms with E-state index < -0.39 is 21.9 Å². The van der Waals surface area contributed by atoms with Gasteiger partial charge in [-0.05, 0) is 60.2 Å². The number of anilines is 2. The summed E-state index contributed by atoms with van der Waals surface area (Å²) in [5.41, 5.74) is 6.93. The summed E-state index contributed by atoms with van der Waals surface area (Å²) in [6, 6.07) is 15.0. The fraction of sp³-hybridized carbons (Fsp3) is 0.0476. The SMILES string of the molecule is NC(=O)Nc1ccc(CNC(=O)c2ccc(NS(=O)(=O)c3ccc(F)c(Cl)c3)cc2)cc1. The van der Waals surface area contributed by atoms with Gasteiger partial charge in [-0.15, -0.1) is 0 Å². The Labute approximate surface area is 188 Å². The van der Waals surface area contributed by atoms with Gasteiger partial charge in [-0.3, -0.25) is 9.52 Å². The minimum atomic E-state index is -3.98. The van der Waals surface area contributed by atoms with E-state index >= 15 is 0 Å². The van der Waals surface area contributed by atoms with E-state index in [-0.39, 0.29) is 28.1 Å². The molecule has 0 aliphatic heterocycles. The zero-order valence-electron chi connectivity index (χ0n) is 16.4. The summed E-state index contributed by atoms with van der Waals surface area (Å²) in [6.07, 6.45) is 0. The van der Waals surface area contributed by atoms with E-state index in [9.17, 15) is 22.4 Å². The van der Waals surface area contributed by atoms with Gasteiger partial charge in [0.05, 0.1) is 9.92 Å². The van der Waals surface area contributed by atoms with Crippen molar-refractivity contribution in [1.82, 2.24) is 5.32 Å². The quantitative estimate of drug-likeness (QED) is 0.414. The number of amides is 3. The van der Waals surface area contributed by atoms with Crippen LogP contribution in [0.1, 0.15) is 15.9 Å². The second-order valence-corrected chi connectivity index (χ2v) is 8.72. The van der Waals surface area contributed by atoms with Crippen LogP contribution in [0.5, 0.6) is 0 Å². The molecule has 0 fully saturated rings. The lowest BCUT2D eigenvalue weighted by atomic mass is 10.1. The van der Waals surface area contributed by atoms with Crippen LogP contribution in [0.15, 0.2) is 71.6 Å². The molecule has 0 unspecified atom stereocenters. The molecule has 8 nitrogen and oxygen atoms in total. The molecule has 0 aliphatic carbocycles. The lowest BCUT2D eigenvalue weighted by molar-refractivity contribution is 0.0951. The van der Waals surface area contributed by atoms with E-state index in [2.05, 4.69) is 15.4 Å². The second kappa shape index (κ2) is 9.67. The minimum absolute atomic E-state index is 0.192. The molecule has 0 atom stereocenters. The Bertz CT molecular complexity index is 1250. The Morgan fingerprint density at radius 3 is 2.16 bits per heavy atom. The molecule has 3 rings (SSSR count). The average Bonchev–Trinajstić information content (AvgIpc) is 2.74. The third-order valence-electron chi connectivity index (χ3n) is 4.28. The van der Waals surface area contributed by atoms with Crippen LogP contribution >= 0.6 is 11.6 Å². The van der Waals surface area contributed by atoms with Crippen LogP contribution in [-0.4, -0.2) is 20.4 Å². The van der Waals surface area contributed by atoms with Crippen molar-refractivity contribution >= 4 is 44.9 Å². The van der Waals surface area contributed by atoms with Crippen LogP contribution in [0, 0.1) is 5.82 Å². The summed E-state index contributed by atoms with van der Waals surface area (Å²) >= 11 is 5.65. The molecule has 0 heterocycles. The molecular formula is C21H18ClFN4O4S. The molecule has 11 heteroatoms. The van der Waals surface area contributed by atoms with Crippen LogP contribution in [0.2, 0.25) is 5.02 Å². The van der Waals surface area contributed by atoms with Crippen LogP contribution in [0.4, 0.5) is 20.6 Å². The number of benzene rings is 3. The molecule has 0 saturated carbocycles. The first-order valence-corrected chi connectivity index (χ1v) is 11.0. The summed E-state index contributed by atoms with van der Waals surface area (Å²) < 4.78 is 40.5. The van der Waals surface area contributed by atoms with E-state index in [4.69, 9.17) is 17.3 Å². The predicted octanol–water partition coefficient (Wildman–Crippen LogP) is 3.70. The first-order valence-electron chi connectivity index (χ1n) is 9.15. The highest BCUT2D eigenvalue weighted by atomic mass is 35.5. The van der Waals surface area contributed by atoms with Crippen molar-refractivity contribution in [3.05, 3.63) is 88.7 Å². The third-order valence-corrected chi connectivity index (χ3v) is 5.94. The zero-order valence-corrected chi connectivity index (χ0v) is 18.0. The summed E-state index contributed by atoms with van der Waals surface area (Å²) in [4.78, 5) is 23.0. The van der Waals surface area contributed by atoms with Crippen LogP contribution in [0.3, 0.4) is 0 Å². The molecule has 0 bridgehead atoms. The number of halogens is 2. The van der Waals surface area contributed by atoms with Crippen LogP contribution in [-0.2, 0) is 16.6 Å². The normalized spacial score (nSPS) is 10.9. The standard InChI is InChI=1S/C21H18ClFN4O4S/c22-18-11-17(9-10-19(18)23)32(30,31)27-16-7-3-14(4-8-16)20(28)25-12-13-1-5-15(6-2-13)26-21(24)29/h1-11,27H,12H2,(H,25,28)(H3,24,26,29). The van der Waals surface area contributed by atoms with Gasteiger partial charge in [0.1, 0.15) is 5.82 Å². The van der Waals surface area contributed by atoms with Gasteiger partial charge >= 0.3 is 6.03 Å². The molecule has 3 aromatic carbocycles. The highest BCUT2D eigenvalue weighted by Gasteiger charge is 2.16. The number of carbonyl (C=O) groups excluding carboxylic acids is 2. The van der Waals surface area contributed by atoms with E-state index in [0.717, 1.165) is 23.8 Å². The number of urea groups is 1. The first kappa shape index (κ1) is 23.0. The molecular weight excluding hydrogens is 459 g/mol. The molecule has 0 saturated heterocycles. The highest BCUT2D eigenvalue weighted by molar-refractivity contribution is 7.92. The topological polar surface area (TPSA) is 130 Å². The van der Waals surface area contributed by atoms with E-state index in [1.807, 2.05) is 0 Å². The average molecular weight is 477 g/mol. The summed E-state index contributed by atoms with van der Waals surface area (Å²) in [5.74, 6) is -1.08. The highest BCUT2D eigenvalue weighted by Crippen LogP contribution is 2.22. The number of sulfonamides is 1. The molecule has 5 N–H and O–H groups in total. The lowest BCUT2D eigenvalue weighted by Gasteiger charge is -2.10. The van der Waals surface area contributed by atoms with Crippen molar-refractivity contribution in [2.45, 2.75) is 11.4 Å². The summed E-state index contributed by atoms with van der Waals surface area (Å²) in [7, 11) is -3.98. The van der Waals surface area contributed by atoms with Gasteiger partial charge in [-0.2, -0.15) is 0 Å². The van der Waals surface area contributed by atoms with Gasteiger partial charge in [0, 0.05) is 23.5 Å². The molecule has 32 heavy (non-hydrogen) atoms. The van der Waals surface area contributed by atoms with E-state index in [0.29, 0.717) is 11.3 Å². The van der Waals surface area contributed by atoms with Crippen molar-refractivity contribution in [2.24, 2.45) is 5.73 Å². The van der Waals surface area contributed by atoms with Gasteiger partial charge in [-0.25, -0.2) is 17.6 Å². The van der Waals surface area contributed by atoms with E-state index in [1.165, 1.54) is 24.3 Å². The Morgan fingerprint density at radius 1 is 0.938 bits per heavy atom. The Hall–Kier alpha value is -3.63. The number of hydrogen-bond acceptors (Lipinski definition) is 4. The monoisotopic (exact) mass is 476 g/mol. The molecule has 0 aliphatic rings.